The van der Waals surface area contributed by atoms with Gasteiger partial charge < -0.3 is 9.64 Å². The zero-order valence-electron chi connectivity index (χ0n) is 11.3. The number of carbonyl (C=O) groups excluding carboxylic acids is 1. The van der Waals surface area contributed by atoms with E-state index < -0.39 is 5.60 Å². The number of ether oxygens (including phenoxy) is 1. The molecule has 2 aliphatic heterocycles. The van der Waals surface area contributed by atoms with Gasteiger partial charge >= 0.3 is 0 Å². The van der Waals surface area contributed by atoms with Gasteiger partial charge in [0.25, 0.3) is 0 Å². The van der Waals surface area contributed by atoms with Crippen LogP contribution in [-0.4, -0.2) is 32.8 Å². The van der Waals surface area contributed by atoms with Crippen LogP contribution in [0.1, 0.15) is 19.5 Å². The van der Waals surface area contributed by atoms with Crippen molar-refractivity contribution in [2.75, 3.05) is 6.54 Å². The minimum atomic E-state index is -0.467. The Morgan fingerprint density at radius 3 is 3.05 bits per heavy atom. The van der Waals surface area contributed by atoms with Gasteiger partial charge in [0.15, 0.2) is 4.99 Å². The highest BCUT2D eigenvalue weighted by Gasteiger charge is 2.32. The molecule has 0 atom stereocenters. The molecule has 3 rings (SSSR count). The number of fused-ring (bicyclic) bond motifs is 1. The highest BCUT2D eigenvalue weighted by atomic mass is 32.1. The second kappa shape index (κ2) is 4.52. The minimum absolute atomic E-state index is 0.145. The van der Waals surface area contributed by atoms with E-state index in [4.69, 9.17) is 17.0 Å². The fraction of sp³-hybridized carbons (Fsp3) is 0.267. The van der Waals surface area contributed by atoms with E-state index in [0.717, 1.165) is 11.4 Å². The number of carbonyl (C=O) groups is 1. The molecule has 5 heteroatoms. The molecule has 0 bridgehead atoms. The predicted octanol–water partition coefficient (Wildman–Crippen LogP) is 2.36. The monoisotopic (exact) mass is 286 g/mol. The van der Waals surface area contributed by atoms with Gasteiger partial charge in [0.1, 0.15) is 17.0 Å². The van der Waals surface area contributed by atoms with Crippen LogP contribution in [-0.2, 0) is 4.79 Å². The second-order valence-corrected chi connectivity index (χ2v) is 5.65. The third-order valence-corrected chi connectivity index (χ3v) is 3.60. The Balaban J connectivity index is 2.11. The molecular weight excluding hydrogens is 272 g/mol. The Morgan fingerprint density at radius 2 is 2.25 bits per heavy atom. The second-order valence-electron chi connectivity index (χ2n) is 5.27. The fourth-order valence-electron chi connectivity index (χ4n) is 2.34. The normalized spacial score (nSPS) is 20.3. The lowest BCUT2D eigenvalue weighted by Gasteiger charge is -2.35. The summed E-state index contributed by atoms with van der Waals surface area (Å²) in [6.07, 6.45) is 6.99. The molecule has 0 aromatic carbocycles. The van der Waals surface area contributed by atoms with Gasteiger partial charge in [-0.2, -0.15) is 0 Å². The molecule has 0 radical (unpaired) electrons. The summed E-state index contributed by atoms with van der Waals surface area (Å²) < 4.78 is 5.89. The molecule has 0 saturated heterocycles. The molecule has 0 N–H and O–H groups in total. The van der Waals surface area contributed by atoms with Gasteiger partial charge in [0, 0.05) is 12.7 Å². The summed E-state index contributed by atoms with van der Waals surface area (Å²) in [6.45, 7) is 4.50. The summed E-state index contributed by atoms with van der Waals surface area (Å²) in [5.41, 5.74) is 1.09. The van der Waals surface area contributed by atoms with Crippen LogP contribution in [0.2, 0.25) is 0 Å². The van der Waals surface area contributed by atoms with Crippen LogP contribution in [0.25, 0.3) is 5.70 Å². The Labute approximate surface area is 122 Å². The number of aromatic nitrogens is 1. The highest BCUT2D eigenvalue weighted by molar-refractivity contribution is 7.82. The lowest BCUT2D eigenvalue weighted by molar-refractivity contribution is -0.109. The zero-order chi connectivity index (χ0) is 14.3. The molecule has 1 aromatic heterocycles. The quantitative estimate of drug-likeness (QED) is 0.741. The van der Waals surface area contributed by atoms with Crippen LogP contribution in [0.3, 0.4) is 0 Å². The third-order valence-electron chi connectivity index (χ3n) is 3.17. The molecule has 0 amide bonds. The summed E-state index contributed by atoms with van der Waals surface area (Å²) in [6, 6.07) is 3.71. The molecule has 0 spiro atoms. The number of rotatable bonds is 1. The van der Waals surface area contributed by atoms with Crippen LogP contribution < -0.4 is 4.74 Å². The molecule has 2 aliphatic rings. The lowest BCUT2D eigenvalue weighted by Crippen LogP contribution is -2.40. The maximum atomic E-state index is 11.8. The Bertz CT molecular complexity index is 662. The summed E-state index contributed by atoms with van der Waals surface area (Å²) in [5.74, 6) is 0.564. The lowest BCUT2D eigenvalue weighted by atomic mass is 10.0. The van der Waals surface area contributed by atoms with Gasteiger partial charge in [-0.05, 0) is 38.1 Å². The van der Waals surface area contributed by atoms with Crippen molar-refractivity contribution in [3.8, 4) is 5.75 Å². The highest BCUT2D eigenvalue weighted by Crippen LogP contribution is 2.36. The summed E-state index contributed by atoms with van der Waals surface area (Å²) in [4.78, 5) is 18.3. The summed E-state index contributed by atoms with van der Waals surface area (Å²) >= 11 is 5.25. The maximum Gasteiger partial charge on any atom is 0.213 e. The molecule has 4 nitrogen and oxygen atoms in total. The molecule has 20 heavy (non-hydrogen) atoms. The topological polar surface area (TPSA) is 42.4 Å². The van der Waals surface area contributed by atoms with Crippen molar-refractivity contribution in [1.82, 2.24) is 9.88 Å². The zero-order valence-corrected chi connectivity index (χ0v) is 12.1. The van der Waals surface area contributed by atoms with Crippen molar-refractivity contribution in [2.45, 2.75) is 19.4 Å². The van der Waals surface area contributed by atoms with Crippen LogP contribution in [0, 0.1) is 0 Å². The number of thiocarbonyl (C=S) groups is 1. The van der Waals surface area contributed by atoms with Crippen molar-refractivity contribution in [3.05, 3.63) is 42.3 Å². The first-order valence-corrected chi connectivity index (χ1v) is 6.78. The van der Waals surface area contributed by atoms with Crippen LogP contribution in [0.15, 0.2) is 36.6 Å². The first-order chi connectivity index (χ1) is 9.48. The summed E-state index contributed by atoms with van der Waals surface area (Å²) in [5, 5.41) is 0. The van der Waals surface area contributed by atoms with E-state index in [-0.39, 0.29) is 5.78 Å². The Kier molecular flexibility index (Phi) is 2.94. The first kappa shape index (κ1) is 13.0. The predicted molar refractivity (Wildman–Crippen MR) is 80.4 cm³/mol. The standard InChI is InChI=1S/C15H14N2O2S/c1-15(2)9-10(13-12(19-15)6-3-7-16-13)17-8-4-5-11(18)14(17)20/h3-7,9H,8H2,1-2H3. The van der Waals surface area contributed by atoms with Gasteiger partial charge in [-0.15, -0.1) is 0 Å². The molecule has 0 unspecified atom stereocenters. The Morgan fingerprint density at radius 1 is 1.45 bits per heavy atom. The average molecular weight is 286 g/mol. The summed E-state index contributed by atoms with van der Waals surface area (Å²) in [7, 11) is 0. The molecule has 0 aliphatic carbocycles. The largest absolute Gasteiger partial charge is 0.481 e. The SMILES string of the molecule is CC1(C)C=C(N2CC=CC(=O)C2=S)c2ncccc2O1. The maximum absolute atomic E-state index is 11.8. The van der Waals surface area contributed by atoms with E-state index in [9.17, 15) is 4.79 Å². The van der Waals surface area contributed by atoms with Crippen LogP contribution in [0.5, 0.6) is 5.75 Å². The number of pyridine rings is 1. The van der Waals surface area contributed by atoms with E-state index in [2.05, 4.69) is 4.98 Å². The van der Waals surface area contributed by atoms with E-state index in [1.54, 1.807) is 6.20 Å². The average Bonchev–Trinajstić information content (AvgIpc) is 2.40. The fourth-order valence-corrected chi connectivity index (χ4v) is 2.58. The van der Waals surface area contributed by atoms with E-state index in [1.165, 1.54) is 6.08 Å². The number of nitrogens with zero attached hydrogens (tertiary/aromatic N) is 2. The smallest absolute Gasteiger partial charge is 0.213 e. The minimum Gasteiger partial charge on any atom is -0.481 e. The molecule has 102 valence electrons. The van der Waals surface area contributed by atoms with Gasteiger partial charge in [-0.25, -0.2) is 0 Å². The molecule has 3 heterocycles. The third kappa shape index (κ3) is 2.14. The van der Waals surface area contributed by atoms with E-state index in [0.29, 0.717) is 17.3 Å². The van der Waals surface area contributed by atoms with Gasteiger partial charge in [-0.3, -0.25) is 9.78 Å². The van der Waals surface area contributed by atoms with E-state index >= 15 is 0 Å². The van der Waals surface area contributed by atoms with Crippen molar-refractivity contribution in [3.63, 3.8) is 0 Å². The van der Waals surface area contributed by atoms with Crippen LogP contribution in [0.4, 0.5) is 0 Å². The number of hydrogen-bond acceptors (Lipinski definition) is 4. The number of ketones is 1. The van der Waals surface area contributed by atoms with Crippen molar-refractivity contribution in [2.24, 2.45) is 0 Å². The van der Waals surface area contributed by atoms with Crippen molar-refractivity contribution in [1.29, 1.82) is 0 Å². The molecule has 0 fully saturated rings. The van der Waals surface area contributed by atoms with E-state index in [1.807, 2.05) is 43.0 Å². The van der Waals surface area contributed by atoms with Gasteiger partial charge in [0.2, 0.25) is 5.78 Å². The van der Waals surface area contributed by atoms with Gasteiger partial charge in [-0.1, -0.05) is 18.3 Å². The number of hydrogen-bond donors (Lipinski definition) is 0. The van der Waals surface area contributed by atoms with Crippen molar-refractivity contribution < 1.29 is 9.53 Å². The Hall–Kier alpha value is -2.01. The molecular formula is C15H14N2O2S. The first-order valence-electron chi connectivity index (χ1n) is 6.37. The molecule has 1 aromatic rings. The molecule has 0 saturated carbocycles. The van der Waals surface area contributed by atoms with Crippen LogP contribution >= 0.6 is 12.2 Å². The van der Waals surface area contributed by atoms with Gasteiger partial charge in [0.05, 0.1) is 5.70 Å². The van der Waals surface area contributed by atoms with Crippen molar-refractivity contribution >= 4 is 28.7 Å².